The molecular weight excluding hydrogens is 530 g/mol. The number of anilines is 3. The van der Waals surface area contributed by atoms with Crippen LogP contribution in [0.2, 0.25) is 0 Å². The summed E-state index contributed by atoms with van der Waals surface area (Å²) >= 11 is 0. The molecule has 0 radical (unpaired) electrons. The maximum atomic E-state index is 13.8. The van der Waals surface area contributed by atoms with E-state index >= 15 is 0 Å². The largest absolute Gasteiger partial charge is 0.339 e. The lowest BCUT2D eigenvalue weighted by molar-refractivity contribution is 0.0963. The van der Waals surface area contributed by atoms with Gasteiger partial charge in [0.05, 0.1) is 17.9 Å². The Labute approximate surface area is 244 Å². The third-order valence-corrected chi connectivity index (χ3v) is 8.86. The van der Waals surface area contributed by atoms with E-state index in [1.54, 1.807) is 19.3 Å². The minimum atomic E-state index is -0.239. The number of carbonyl (C=O) groups is 1. The van der Waals surface area contributed by atoms with Crippen LogP contribution in [0.15, 0.2) is 35.3 Å². The Morgan fingerprint density at radius 1 is 1.00 bits per heavy atom. The fourth-order valence-corrected chi connectivity index (χ4v) is 6.84. The molecule has 0 saturated carbocycles. The average Bonchev–Trinajstić information content (AvgIpc) is 3.60. The second-order valence-corrected chi connectivity index (χ2v) is 12.6. The summed E-state index contributed by atoms with van der Waals surface area (Å²) in [7, 11) is 3.74. The molecule has 218 valence electrons. The van der Waals surface area contributed by atoms with Crippen molar-refractivity contribution in [3.63, 3.8) is 0 Å². The van der Waals surface area contributed by atoms with E-state index in [-0.39, 0.29) is 16.9 Å². The molecule has 11 nitrogen and oxygen atoms in total. The van der Waals surface area contributed by atoms with E-state index < -0.39 is 0 Å². The SMILES string of the molecule is CCc1c(-c2cc(Nc3cc4n(n3)CCN(C)C4)c(=O)n(C)n2)ccnc1N1CCn2c(cc3c2CC(C)(C)C3)C1=O. The predicted octanol–water partition coefficient (Wildman–Crippen LogP) is 3.38. The summed E-state index contributed by atoms with van der Waals surface area (Å²) in [5, 5.41) is 12.5. The van der Waals surface area contributed by atoms with Crippen molar-refractivity contribution in [3.8, 4) is 11.3 Å². The minimum Gasteiger partial charge on any atom is -0.339 e. The molecular formula is C31H37N9O2. The summed E-state index contributed by atoms with van der Waals surface area (Å²) in [4.78, 5) is 35.7. The van der Waals surface area contributed by atoms with Crippen LogP contribution >= 0.6 is 0 Å². The third kappa shape index (κ3) is 4.34. The van der Waals surface area contributed by atoms with Gasteiger partial charge in [-0.2, -0.15) is 10.2 Å². The monoisotopic (exact) mass is 567 g/mol. The van der Waals surface area contributed by atoms with Gasteiger partial charge in [0.25, 0.3) is 11.5 Å². The van der Waals surface area contributed by atoms with Gasteiger partial charge in [0.15, 0.2) is 5.82 Å². The lowest BCUT2D eigenvalue weighted by atomic mass is 9.90. The van der Waals surface area contributed by atoms with Crippen LogP contribution in [0, 0.1) is 5.41 Å². The van der Waals surface area contributed by atoms with Gasteiger partial charge < -0.3 is 9.88 Å². The zero-order valence-electron chi connectivity index (χ0n) is 24.9. The number of likely N-dealkylation sites (N-methyl/N-ethyl adjacent to an activating group) is 1. The highest BCUT2D eigenvalue weighted by Gasteiger charge is 2.37. The number of aromatic nitrogens is 6. The number of hydrogen-bond donors (Lipinski definition) is 1. The van der Waals surface area contributed by atoms with E-state index in [1.807, 2.05) is 21.7 Å². The maximum absolute atomic E-state index is 13.8. The van der Waals surface area contributed by atoms with Gasteiger partial charge in [-0.3, -0.25) is 24.1 Å². The highest BCUT2D eigenvalue weighted by atomic mass is 16.2. The van der Waals surface area contributed by atoms with E-state index in [1.165, 1.54) is 15.9 Å². The average molecular weight is 568 g/mol. The van der Waals surface area contributed by atoms with Crippen molar-refractivity contribution in [2.75, 3.05) is 30.4 Å². The van der Waals surface area contributed by atoms with Gasteiger partial charge in [-0.15, -0.1) is 0 Å². The molecule has 1 aliphatic carbocycles. The number of pyridine rings is 1. The van der Waals surface area contributed by atoms with Crippen LogP contribution in [-0.4, -0.2) is 60.1 Å². The zero-order chi connectivity index (χ0) is 29.3. The van der Waals surface area contributed by atoms with E-state index in [9.17, 15) is 9.59 Å². The van der Waals surface area contributed by atoms with Gasteiger partial charge in [-0.05, 0) is 55.5 Å². The first-order valence-electron chi connectivity index (χ1n) is 14.7. The number of rotatable bonds is 5. The first-order valence-corrected chi connectivity index (χ1v) is 14.7. The van der Waals surface area contributed by atoms with E-state index in [2.05, 4.69) is 58.9 Å². The molecule has 0 saturated heterocycles. The van der Waals surface area contributed by atoms with E-state index in [0.29, 0.717) is 36.0 Å². The Hall–Kier alpha value is -4.25. The fourth-order valence-electron chi connectivity index (χ4n) is 6.84. The van der Waals surface area contributed by atoms with Crippen LogP contribution in [0.4, 0.5) is 17.3 Å². The molecule has 0 spiro atoms. The van der Waals surface area contributed by atoms with Crippen molar-refractivity contribution in [1.82, 2.24) is 34.0 Å². The zero-order valence-corrected chi connectivity index (χ0v) is 24.9. The van der Waals surface area contributed by atoms with Crippen molar-refractivity contribution < 1.29 is 4.79 Å². The summed E-state index contributed by atoms with van der Waals surface area (Å²) in [6.45, 7) is 10.5. The number of hydrogen-bond acceptors (Lipinski definition) is 7. The summed E-state index contributed by atoms with van der Waals surface area (Å²) in [5.74, 6) is 1.28. The molecule has 7 rings (SSSR count). The van der Waals surface area contributed by atoms with Crippen LogP contribution in [0.5, 0.6) is 0 Å². The van der Waals surface area contributed by atoms with Crippen LogP contribution in [0.3, 0.4) is 0 Å². The molecule has 4 aromatic heterocycles. The second-order valence-electron chi connectivity index (χ2n) is 12.6. The molecule has 0 atom stereocenters. The van der Waals surface area contributed by atoms with Gasteiger partial charge in [0, 0.05) is 62.3 Å². The topological polar surface area (TPSA) is 106 Å². The molecule has 6 heterocycles. The highest BCUT2D eigenvalue weighted by Crippen LogP contribution is 2.40. The molecule has 1 amide bonds. The van der Waals surface area contributed by atoms with Gasteiger partial charge in [0.1, 0.15) is 17.2 Å². The van der Waals surface area contributed by atoms with Gasteiger partial charge in [0.2, 0.25) is 0 Å². The van der Waals surface area contributed by atoms with Gasteiger partial charge in [-0.1, -0.05) is 20.8 Å². The molecule has 2 aliphatic heterocycles. The van der Waals surface area contributed by atoms with Gasteiger partial charge in [-0.25, -0.2) is 9.67 Å². The van der Waals surface area contributed by atoms with Crippen LogP contribution in [0.1, 0.15) is 53.8 Å². The molecule has 3 aliphatic rings. The molecule has 11 heteroatoms. The quantitative estimate of drug-likeness (QED) is 0.394. The molecule has 42 heavy (non-hydrogen) atoms. The first-order chi connectivity index (χ1) is 20.1. The molecule has 0 fully saturated rings. The van der Waals surface area contributed by atoms with Crippen LogP contribution < -0.4 is 15.8 Å². The van der Waals surface area contributed by atoms with Crippen molar-refractivity contribution in [2.24, 2.45) is 12.5 Å². The van der Waals surface area contributed by atoms with Crippen LogP contribution in [-0.2, 0) is 45.9 Å². The number of amides is 1. The Morgan fingerprint density at radius 3 is 2.64 bits per heavy atom. The summed E-state index contributed by atoms with van der Waals surface area (Å²) < 4.78 is 5.56. The third-order valence-electron chi connectivity index (χ3n) is 8.86. The standard InChI is InChI=1S/C31H37N9O2/c1-6-21-22(23-15-24(29(41)37(5)34-23)33-27-14-20-18-36(4)9-12-40(20)35-27)7-8-32-28(21)39-11-10-38-25(30(39)42)13-19-16-31(2,3)17-26(19)38/h7-8,13-15H,6,9-12,16-18H2,1-5H3,(H,33,35). The normalized spacial score (nSPS) is 17.7. The molecule has 0 unspecified atom stereocenters. The Balaban J connectivity index is 1.23. The molecule has 0 aromatic carbocycles. The number of carbonyl (C=O) groups excluding carboxylic acids is 1. The van der Waals surface area contributed by atoms with Crippen molar-refractivity contribution in [3.05, 3.63) is 69.0 Å². The Morgan fingerprint density at radius 2 is 1.83 bits per heavy atom. The number of aryl methyl sites for hydroxylation is 1. The predicted molar refractivity (Wildman–Crippen MR) is 161 cm³/mol. The molecule has 0 bridgehead atoms. The van der Waals surface area contributed by atoms with Crippen molar-refractivity contribution >= 4 is 23.2 Å². The van der Waals surface area contributed by atoms with E-state index in [0.717, 1.165) is 61.5 Å². The molecule has 1 N–H and O–H groups in total. The van der Waals surface area contributed by atoms with E-state index in [4.69, 9.17) is 4.98 Å². The first kappa shape index (κ1) is 26.6. The Bertz CT molecular complexity index is 1790. The number of fused-ring (bicyclic) bond motifs is 4. The van der Waals surface area contributed by atoms with Crippen molar-refractivity contribution in [2.45, 2.75) is 59.7 Å². The van der Waals surface area contributed by atoms with Gasteiger partial charge >= 0.3 is 0 Å². The minimum absolute atomic E-state index is 0.0158. The summed E-state index contributed by atoms with van der Waals surface area (Å²) in [6.07, 6.45) is 4.38. The second kappa shape index (κ2) is 9.65. The Kier molecular flexibility index (Phi) is 6.12. The van der Waals surface area contributed by atoms with Crippen LogP contribution in [0.25, 0.3) is 11.3 Å². The highest BCUT2D eigenvalue weighted by molar-refractivity contribution is 6.06. The fraction of sp³-hybridized carbons (Fsp3) is 0.452. The lowest BCUT2D eigenvalue weighted by Crippen LogP contribution is -2.41. The smallest absolute Gasteiger partial charge is 0.290 e. The van der Waals surface area contributed by atoms with Crippen molar-refractivity contribution in [1.29, 1.82) is 0 Å². The summed E-state index contributed by atoms with van der Waals surface area (Å²) in [5.41, 5.74) is 7.27. The lowest BCUT2D eigenvalue weighted by Gasteiger charge is -2.31. The maximum Gasteiger partial charge on any atom is 0.290 e. The molecule has 4 aromatic rings. The number of nitrogens with one attached hydrogen (secondary N) is 1. The summed E-state index contributed by atoms with van der Waals surface area (Å²) in [6, 6.07) is 7.77. The number of nitrogens with zero attached hydrogens (tertiary/aromatic N) is 8.